The summed E-state index contributed by atoms with van der Waals surface area (Å²) in [7, 11) is 1.84. The van der Waals surface area contributed by atoms with Gasteiger partial charge in [-0.25, -0.2) is 9.97 Å². The number of fused-ring (bicyclic) bond motifs is 2. The highest BCUT2D eigenvalue weighted by Crippen LogP contribution is 2.23. The van der Waals surface area contributed by atoms with Crippen LogP contribution >= 0.6 is 0 Å². The third-order valence-corrected chi connectivity index (χ3v) is 5.62. The van der Waals surface area contributed by atoms with Crippen LogP contribution in [-0.4, -0.2) is 45.9 Å². The van der Waals surface area contributed by atoms with Crippen molar-refractivity contribution in [2.24, 2.45) is 0 Å². The van der Waals surface area contributed by atoms with Crippen molar-refractivity contribution in [2.45, 2.75) is 33.2 Å². The Morgan fingerprint density at radius 1 is 1.09 bits per heavy atom. The van der Waals surface area contributed by atoms with Crippen LogP contribution in [0.4, 0.5) is 11.5 Å². The summed E-state index contributed by atoms with van der Waals surface area (Å²) >= 11 is 0. The minimum Gasteiger partial charge on any atom is -0.373 e. The Morgan fingerprint density at radius 3 is 2.69 bits per heavy atom. The van der Waals surface area contributed by atoms with E-state index < -0.39 is 0 Å². The SMILES string of the molecule is CC.CNc1nccc2cc(C(=O)Nc3ccc4nc(CN5CCCC5)[nH]c4c3)ccc12. The molecule has 0 unspecified atom stereocenters. The summed E-state index contributed by atoms with van der Waals surface area (Å²) < 4.78 is 0. The molecule has 2 aromatic heterocycles. The number of amides is 1. The Bertz CT molecular complexity index is 1230. The molecular formula is C25H30N6O. The fourth-order valence-electron chi connectivity index (χ4n) is 4.09. The van der Waals surface area contributed by atoms with Crippen LogP contribution in [0.1, 0.15) is 42.9 Å². The molecule has 4 aromatic rings. The molecule has 0 aliphatic carbocycles. The molecule has 0 saturated carbocycles. The maximum atomic E-state index is 12.8. The molecule has 3 heterocycles. The number of pyridine rings is 1. The Labute approximate surface area is 188 Å². The van der Waals surface area contributed by atoms with Crippen LogP contribution in [-0.2, 0) is 6.54 Å². The van der Waals surface area contributed by atoms with Crippen LogP contribution in [0.2, 0.25) is 0 Å². The summed E-state index contributed by atoms with van der Waals surface area (Å²) in [6.45, 7) is 7.11. The third kappa shape index (κ3) is 4.57. The lowest BCUT2D eigenvalue weighted by molar-refractivity contribution is 0.102. The van der Waals surface area contributed by atoms with Gasteiger partial charge in [-0.05, 0) is 73.8 Å². The molecule has 1 saturated heterocycles. The first-order chi connectivity index (χ1) is 15.7. The van der Waals surface area contributed by atoms with Gasteiger partial charge in [0.1, 0.15) is 11.6 Å². The highest BCUT2D eigenvalue weighted by molar-refractivity contribution is 6.07. The number of carbonyl (C=O) groups excluding carboxylic acids is 1. The number of carbonyl (C=O) groups is 1. The molecule has 0 radical (unpaired) electrons. The fourth-order valence-corrected chi connectivity index (χ4v) is 4.09. The van der Waals surface area contributed by atoms with Gasteiger partial charge in [0.15, 0.2) is 0 Å². The number of aromatic amines is 1. The van der Waals surface area contributed by atoms with Crippen LogP contribution < -0.4 is 10.6 Å². The van der Waals surface area contributed by atoms with Gasteiger partial charge in [-0.3, -0.25) is 9.69 Å². The second kappa shape index (κ2) is 9.78. The Kier molecular flexibility index (Phi) is 6.66. The maximum Gasteiger partial charge on any atom is 0.255 e. The van der Waals surface area contributed by atoms with Gasteiger partial charge in [-0.2, -0.15) is 0 Å². The van der Waals surface area contributed by atoms with Gasteiger partial charge in [-0.1, -0.05) is 13.8 Å². The first kappa shape index (κ1) is 21.8. The lowest BCUT2D eigenvalue weighted by Gasteiger charge is -2.11. The van der Waals surface area contributed by atoms with E-state index in [9.17, 15) is 4.79 Å². The molecule has 7 heteroatoms. The number of hydrogen-bond donors (Lipinski definition) is 3. The molecular weight excluding hydrogens is 400 g/mol. The lowest BCUT2D eigenvalue weighted by atomic mass is 10.1. The van der Waals surface area contributed by atoms with Gasteiger partial charge in [0.25, 0.3) is 5.91 Å². The first-order valence-corrected chi connectivity index (χ1v) is 11.3. The Hall–Kier alpha value is -3.45. The van der Waals surface area contributed by atoms with Crippen LogP contribution in [0.5, 0.6) is 0 Å². The van der Waals surface area contributed by atoms with Crippen LogP contribution in [0.15, 0.2) is 48.7 Å². The van der Waals surface area contributed by atoms with Gasteiger partial charge >= 0.3 is 0 Å². The molecule has 3 N–H and O–H groups in total. The summed E-state index contributed by atoms with van der Waals surface area (Å²) in [5.41, 5.74) is 3.20. The number of nitrogens with one attached hydrogen (secondary N) is 3. The molecule has 2 aromatic carbocycles. The van der Waals surface area contributed by atoms with E-state index in [0.717, 1.165) is 58.8 Å². The van der Waals surface area contributed by atoms with Crippen molar-refractivity contribution in [3.8, 4) is 0 Å². The normalized spacial score (nSPS) is 13.7. The zero-order chi connectivity index (χ0) is 22.5. The van der Waals surface area contributed by atoms with E-state index in [-0.39, 0.29) is 5.91 Å². The third-order valence-electron chi connectivity index (χ3n) is 5.62. The molecule has 5 rings (SSSR count). The Morgan fingerprint density at radius 2 is 1.91 bits per heavy atom. The largest absolute Gasteiger partial charge is 0.373 e. The van der Waals surface area contributed by atoms with E-state index in [4.69, 9.17) is 0 Å². The van der Waals surface area contributed by atoms with Crippen molar-refractivity contribution in [1.82, 2.24) is 19.9 Å². The van der Waals surface area contributed by atoms with E-state index in [1.54, 1.807) is 6.20 Å². The standard InChI is InChI=1S/C23H24N6O.C2H6/c1-24-22-18-6-4-16(12-15(18)8-9-25-22)23(30)26-17-5-7-19-20(13-17)28-21(27-19)14-29-10-2-3-11-29;1-2/h4-9,12-13H,2-3,10-11,14H2,1H3,(H,24,25)(H,26,30)(H,27,28);1-2H3. The van der Waals surface area contributed by atoms with Crippen LogP contribution in [0.25, 0.3) is 21.8 Å². The number of rotatable bonds is 5. The maximum absolute atomic E-state index is 12.8. The second-order valence-electron chi connectivity index (χ2n) is 7.70. The number of likely N-dealkylation sites (tertiary alicyclic amines) is 1. The van der Waals surface area contributed by atoms with Gasteiger partial charge in [0.2, 0.25) is 0 Å². The monoisotopic (exact) mass is 430 g/mol. The topological polar surface area (TPSA) is 85.9 Å². The second-order valence-corrected chi connectivity index (χ2v) is 7.70. The molecule has 0 spiro atoms. The van der Waals surface area contributed by atoms with Gasteiger partial charge in [-0.15, -0.1) is 0 Å². The minimum atomic E-state index is -0.143. The van der Waals surface area contributed by atoms with Crippen molar-refractivity contribution in [3.63, 3.8) is 0 Å². The van der Waals surface area contributed by atoms with Gasteiger partial charge in [0.05, 0.1) is 17.6 Å². The summed E-state index contributed by atoms with van der Waals surface area (Å²) in [6, 6.07) is 13.3. The molecule has 1 fully saturated rings. The summed E-state index contributed by atoms with van der Waals surface area (Å²) in [4.78, 5) is 27.6. The number of anilines is 2. The summed E-state index contributed by atoms with van der Waals surface area (Å²) in [5.74, 6) is 1.63. The lowest BCUT2D eigenvalue weighted by Crippen LogP contribution is -2.19. The molecule has 0 atom stereocenters. The number of H-pyrrole nitrogens is 1. The van der Waals surface area contributed by atoms with Gasteiger partial charge in [0, 0.05) is 29.9 Å². The minimum absolute atomic E-state index is 0.143. The average Bonchev–Trinajstić information content (AvgIpc) is 3.48. The van der Waals surface area contributed by atoms with Crippen molar-refractivity contribution in [3.05, 3.63) is 60.0 Å². The van der Waals surface area contributed by atoms with Crippen molar-refractivity contribution in [2.75, 3.05) is 30.8 Å². The first-order valence-electron chi connectivity index (χ1n) is 11.3. The highest BCUT2D eigenvalue weighted by atomic mass is 16.1. The molecule has 1 aliphatic heterocycles. The average molecular weight is 431 g/mol. The van der Waals surface area contributed by atoms with E-state index in [2.05, 4.69) is 30.5 Å². The Balaban J connectivity index is 0.00000119. The van der Waals surface area contributed by atoms with Gasteiger partial charge < -0.3 is 15.6 Å². The van der Waals surface area contributed by atoms with Crippen molar-refractivity contribution in [1.29, 1.82) is 0 Å². The van der Waals surface area contributed by atoms with E-state index >= 15 is 0 Å². The highest BCUT2D eigenvalue weighted by Gasteiger charge is 2.14. The van der Waals surface area contributed by atoms with E-state index in [0.29, 0.717) is 5.56 Å². The molecule has 7 nitrogen and oxygen atoms in total. The number of hydrogen-bond acceptors (Lipinski definition) is 5. The molecule has 166 valence electrons. The number of benzene rings is 2. The molecule has 0 bridgehead atoms. The van der Waals surface area contributed by atoms with E-state index in [1.807, 2.05) is 63.4 Å². The zero-order valence-electron chi connectivity index (χ0n) is 18.9. The molecule has 1 amide bonds. The van der Waals surface area contributed by atoms with E-state index in [1.165, 1.54) is 12.8 Å². The molecule has 32 heavy (non-hydrogen) atoms. The quantitative estimate of drug-likeness (QED) is 0.414. The van der Waals surface area contributed by atoms with Crippen LogP contribution in [0, 0.1) is 0 Å². The zero-order valence-corrected chi connectivity index (χ0v) is 18.9. The predicted molar refractivity (Wildman–Crippen MR) is 131 cm³/mol. The number of nitrogens with zero attached hydrogens (tertiary/aromatic N) is 3. The smallest absolute Gasteiger partial charge is 0.255 e. The summed E-state index contributed by atoms with van der Waals surface area (Å²) in [5, 5.41) is 8.03. The number of aromatic nitrogens is 3. The van der Waals surface area contributed by atoms with Crippen molar-refractivity contribution >= 4 is 39.2 Å². The summed E-state index contributed by atoms with van der Waals surface area (Å²) in [6.07, 6.45) is 4.26. The number of imidazole rings is 1. The predicted octanol–water partition coefficient (Wildman–Crippen LogP) is 5.03. The molecule has 1 aliphatic rings. The fraction of sp³-hybridized carbons (Fsp3) is 0.320. The van der Waals surface area contributed by atoms with Crippen molar-refractivity contribution < 1.29 is 4.79 Å². The van der Waals surface area contributed by atoms with Crippen LogP contribution in [0.3, 0.4) is 0 Å².